The molecule has 0 radical (unpaired) electrons. The molecule has 6 heteroatoms. The lowest BCUT2D eigenvalue weighted by atomic mass is 10.1. The molecule has 16 heavy (non-hydrogen) atoms. The number of methoxy groups -OCH3 is 1. The minimum atomic E-state index is -0.507. The van der Waals surface area contributed by atoms with Gasteiger partial charge in [-0.3, -0.25) is 14.9 Å². The Morgan fingerprint density at radius 1 is 1.56 bits per heavy atom. The number of hydrogen-bond donors (Lipinski definition) is 0. The molecule has 86 valence electrons. The van der Waals surface area contributed by atoms with Gasteiger partial charge in [0.15, 0.2) is 0 Å². The quantitative estimate of drug-likeness (QED) is 0.486. The lowest BCUT2D eigenvalue weighted by molar-refractivity contribution is -0.385. The van der Waals surface area contributed by atoms with E-state index >= 15 is 0 Å². The zero-order chi connectivity index (χ0) is 12.3. The molecular weight excluding hydrogens is 278 g/mol. The molecule has 0 atom stereocenters. The van der Waals surface area contributed by atoms with Crippen LogP contribution in [-0.4, -0.2) is 18.0 Å². The third-order valence-electron chi connectivity index (χ3n) is 2.06. The number of nitrogens with zero attached hydrogens (tertiary/aromatic N) is 1. The summed E-state index contributed by atoms with van der Waals surface area (Å²) >= 11 is 3.21. The van der Waals surface area contributed by atoms with E-state index in [4.69, 9.17) is 0 Å². The Morgan fingerprint density at radius 3 is 2.69 bits per heavy atom. The second-order valence-corrected chi connectivity index (χ2v) is 4.11. The molecule has 0 heterocycles. The highest BCUT2D eigenvalue weighted by molar-refractivity contribution is 9.10. The van der Waals surface area contributed by atoms with Crippen LogP contribution in [0.4, 0.5) is 5.69 Å². The summed E-state index contributed by atoms with van der Waals surface area (Å²) in [6.45, 7) is 1.75. The standard InChI is InChI=1S/C10H10BrNO4/c1-6-3-8(11)7(5-10(13)16-2)9(4-6)12(14)15/h3-4H,5H2,1-2H3. The fourth-order valence-electron chi connectivity index (χ4n) is 1.31. The molecule has 0 aromatic heterocycles. The van der Waals surface area contributed by atoms with Crippen LogP contribution in [0.15, 0.2) is 16.6 Å². The number of rotatable bonds is 3. The van der Waals surface area contributed by atoms with Crippen LogP contribution in [0, 0.1) is 17.0 Å². The number of nitro groups is 1. The number of hydrogen-bond acceptors (Lipinski definition) is 4. The molecule has 0 unspecified atom stereocenters. The van der Waals surface area contributed by atoms with E-state index in [2.05, 4.69) is 20.7 Å². The predicted molar refractivity (Wildman–Crippen MR) is 61.3 cm³/mol. The van der Waals surface area contributed by atoms with E-state index in [1.807, 2.05) is 0 Å². The number of nitro benzene ring substituents is 1. The molecule has 1 rings (SSSR count). The Labute approximate surface area is 101 Å². The van der Waals surface area contributed by atoms with E-state index in [9.17, 15) is 14.9 Å². The van der Waals surface area contributed by atoms with E-state index in [0.717, 1.165) is 5.56 Å². The van der Waals surface area contributed by atoms with Gasteiger partial charge in [-0.1, -0.05) is 15.9 Å². The maximum absolute atomic E-state index is 11.1. The van der Waals surface area contributed by atoms with E-state index in [0.29, 0.717) is 10.0 Å². The first-order valence-corrected chi connectivity index (χ1v) is 5.25. The first-order valence-electron chi connectivity index (χ1n) is 4.46. The van der Waals surface area contributed by atoms with Crippen LogP contribution < -0.4 is 0 Å². The van der Waals surface area contributed by atoms with Crippen LogP contribution in [0.25, 0.3) is 0 Å². The molecule has 1 aromatic rings. The Hall–Kier alpha value is -1.43. The van der Waals surface area contributed by atoms with Crippen molar-refractivity contribution < 1.29 is 14.5 Å². The van der Waals surface area contributed by atoms with Gasteiger partial charge in [-0.15, -0.1) is 0 Å². The Bertz CT molecular complexity index is 445. The fraction of sp³-hybridized carbons (Fsp3) is 0.300. The molecule has 0 spiro atoms. The van der Waals surface area contributed by atoms with E-state index in [-0.39, 0.29) is 12.1 Å². The number of carbonyl (C=O) groups excluding carboxylic acids is 1. The topological polar surface area (TPSA) is 69.4 Å². The SMILES string of the molecule is COC(=O)Cc1c(Br)cc(C)cc1[N+](=O)[O-]. The van der Waals surface area contributed by atoms with E-state index in [1.54, 1.807) is 13.0 Å². The van der Waals surface area contributed by atoms with Crippen molar-refractivity contribution in [2.24, 2.45) is 0 Å². The molecule has 0 saturated carbocycles. The number of benzene rings is 1. The largest absolute Gasteiger partial charge is 0.469 e. The maximum atomic E-state index is 11.1. The third kappa shape index (κ3) is 2.79. The second kappa shape index (κ2) is 5.07. The molecule has 0 aliphatic carbocycles. The molecule has 5 nitrogen and oxygen atoms in total. The lowest BCUT2D eigenvalue weighted by Crippen LogP contribution is -2.07. The molecule has 0 amide bonds. The number of ether oxygens (including phenoxy) is 1. The van der Waals surface area contributed by atoms with Crippen molar-refractivity contribution in [3.8, 4) is 0 Å². The summed E-state index contributed by atoms with van der Waals surface area (Å²) in [7, 11) is 1.25. The average Bonchev–Trinajstić information content (AvgIpc) is 2.20. The molecule has 0 aliphatic heterocycles. The minimum absolute atomic E-state index is 0.0720. The van der Waals surface area contributed by atoms with Crippen molar-refractivity contribution in [1.29, 1.82) is 0 Å². The van der Waals surface area contributed by atoms with Gasteiger partial charge in [-0.05, 0) is 18.6 Å². The summed E-state index contributed by atoms with van der Waals surface area (Å²) in [5, 5.41) is 10.8. The number of carbonyl (C=O) groups is 1. The summed E-state index contributed by atoms with van der Waals surface area (Å²) in [5.74, 6) is -0.507. The van der Waals surface area contributed by atoms with Crippen molar-refractivity contribution in [2.45, 2.75) is 13.3 Å². The van der Waals surface area contributed by atoms with Crippen LogP contribution in [0.2, 0.25) is 0 Å². The Balaban J connectivity index is 3.24. The van der Waals surface area contributed by atoms with E-state index < -0.39 is 10.9 Å². The summed E-state index contributed by atoms with van der Waals surface area (Å²) in [5.41, 5.74) is 1.02. The monoisotopic (exact) mass is 287 g/mol. The summed E-state index contributed by atoms with van der Waals surface area (Å²) in [6.07, 6.45) is -0.117. The number of esters is 1. The predicted octanol–water partition coefficient (Wildman–Crippen LogP) is 2.38. The van der Waals surface area contributed by atoms with E-state index in [1.165, 1.54) is 13.2 Å². The van der Waals surface area contributed by atoms with Crippen LogP contribution >= 0.6 is 15.9 Å². The molecular formula is C10H10BrNO4. The number of halogens is 1. The van der Waals surface area contributed by atoms with Crippen LogP contribution in [0.1, 0.15) is 11.1 Å². The first kappa shape index (κ1) is 12.6. The lowest BCUT2D eigenvalue weighted by Gasteiger charge is -2.05. The molecule has 0 aliphatic rings. The van der Waals surface area contributed by atoms with Crippen molar-refractivity contribution in [3.63, 3.8) is 0 Å². The van der Waals surface area contributed by atoms with Gasteiger partial charge in [0.1, 0.15) is 0 Å². The zero-order valence-corrected chi connectivity index (χ0v) is 10.4. The van der Waals surface area contributed by atoms with Crippen LogP contribution in [0.5, 0.6) is 0 Å². The summed E-state index contributed by atoms with van der Waals surface area (Å²) < 4.78 is 5.04. The summed E-state index contributed by atoms with van der Waals surface area (Å²) in [4.78, 5) is 21.5. The maximum Gasteiger partial charge on any atom is 0.310 e. The fourth-order valence-corrected chi connectivity index (χ4v) is 2.01. The molecule has 0 saturated heterocycles. The highest BCUT2D eigenvalue weighted by Gasteiger charge is 2.20. The minimum Gasteiger partial charge on any atom is -0.469 e. The Kier molecular flexibility index (Phi) is 4.00. The molecule has 1 aromatic carbocycles. The van der Waals surface area contributed by atoms with Crippen LogP contribution in [-0.2, 0) is 16.0 Å². The van der Waals surface area contributed by atoms with Gasteiger partial charge in [-0.25, -0.2) is 0 Å². The highest BCUT2D eigenvalue weighted by atomic mass is 79.9. The second-order valence-electron chi connectivity index (χ2n) is 3.25. The van der Waals surface area contributed by atoms with Gasteiger partial charge < -0.3 is 4.74 Å². The van der Waals surface area contributed by atoms with Crippen LogP contribution in [0.3, 0.4) is 0 Å². The molecule has 0 bridgehead atoms. The smallest absolute Gasteiger partial charge is 0.310 e. The van der Waals surface area contributed by atoms with Gasteiger partial charge in [-0.2, -0.15) is 0 Å². The highest BCUT2D eigenvalue weighted by Crippen LogP contribution is 2.29. The van der Waals surface area contributed by atoms with Crippen molar-refractivity contribution in [1.82, 2.24) is 0 Å². The van der Waals surface area contributed by atoms with Crippen molar-refractivity contribution >= 4 is 27.6 Å². The zero-order valence-electron chi connectivity index (χ0n) is 8.82. The van der Waals surface area contributed by atoms with Gasteiger partial charge in [0, 0.05) is 10.5 Å². The number of aryl methyl sites for hydroxylation is 1. The summed E-state index contributed by atoms with van der Waals surface area (Å²) in [6, 6.07) is 3.16. The average molecular weight is 288 g/mol. The first-order chi connectivity index (χ1) is 7.45. The van der Waals surface area contributed by atoms with Gasteiger partial charge in [0.25, 0.3) is 5.69 Å². The third-order valence-corrected chi connectivity index (χ3v) is 2.77. The molecule has 0 N–H and O–H groups in total. The normalized spacial score (nSPS) is 9.94. The van der Waals surface area contributed by atoms with Crippen molar-refractivity contribution in [3.05, 3.63) is 37.8 Å². The van der Waals surface area contributed by atoms with Gasteiger partial charge >= 0.3 is 5.97 Å². The Morgan fingerprint density at radius 2 is 2.19 bits per heavy atom. The van der Waals surface area contributed by atoms with Crippen molar-refractivity contribution in [2.75, 3.05) is 7.11 Å². The molecule has 0 fully saturated rings. The van der Waals surface area contributed by atoms with Gasteiger partial charge in [0.2, 0.25) is 0 Å². The van der Waals surface area contributed by atoms with Gasteiger partial charge in [0.05, 0.1) is 24.0 Å².